The van der Waals surface area contributed by atoms with Crippen LogP contribution in [-0.2, 0) is 6.42 Å². The molecule has 0 bridgehead atoms. The fourth-order valence-electron chi connectivity index (χ4n) is 1.84. The van der Waals surface area contributed by atoms with Gasteiger partial charge >= 0.3 is 0 Å². The average molecular weight is 173 g/mol. The first-order valence-electron chi connectivity index (χ1n) is 4.41. The van der Waals surface area contributed by atoms with Crippen molar-refractivity contribution in [1.82, 2.24) is 0 Å². The van der Waals surface area contributed by atoms with Gasteiger partial charge in [-0.25, -0.2) is 0 Å². The lowest BCUT2D eigenvalue weighted by molar-refractivity contribution is 0.414. The summed E-state index contributed by atoms with van der Waals surface area (Å²) in [4.78, 5) is 0. The van der Waals surface area contributed by atoms with E-state index >= 15 is 0 Å². The van der Waals surface area contributed by atoms with Gasteiger partial charge in [-0.15, -0.1) is 0 Å². The molecule has 0 fully saturated rings. The molecule has 1 aliphatic rings. The molecule has 1 atom stereocenters. The number of rotatable bonds is 1. The van der Waals surface area contributed by atoms with E-state index in [0.717, 1.165) is 24.2 Å². The molecule has 0 radical (unpaired) electrons. The zero-order chi connectivity index (χ0) is 9.26. The Morgan fingerprint density at radius 2 is 2.38 bits per heavy atom. The molecule has 2 heteroatoms. The van der Waals surface area contributed by atoms with Crippen LogP contribution in [0.4, 0.5) is 0 Å². The standard InChI is InChI=1S/C11H11NO/c1-13-10-5-4-8-2-3-9(7-12)11(8)6-10/h4-6,9H,2-3H2,1H3. The monoisotopic (exact) mass is 173 g/mol. The average Bonchev–Trinajstić information content (AvgIpc) is 2.59. The number of fused-ring (bicyclic) bond motifs is 1. The highest BCUT2D eigenvalue weighted by Crippen LogP contribution is 2.34. The van der Waals surface area contributed by atoms with Crippen LogP contribution in [0.1, 0.15) is 23.5 Å². The Morgan fingerprint density at radius 1 is 1.54 bits per heavy atom. The Labute approximate surface area is 77.8 Å². The molecule has 1 aromatic carbocycles. The number of aryl methyl sites for hydroxylation is 1. The minimum Gasteiger partial charge on any atom is -0.497 e. The SMILES string of the molecule is COc1ccc2c(c1)C(C#N)CC2. The second kappa shape index (κ2) is 3.10. The van der Waals surface area contributed by atoms with Crippen molar-refractivity contribution in [2.24, 2.45) is 0 Å². The van der Waals surface area contributed by atoms with Crippen molar-refractivity contribution >= 4 is 0 Å². The topological polar surface area (TPSA) is 33.0 Å². The van der Waals surface area contributed by atoms with Crippen molar-refractivity contribution < 1.29 is 4.74 Å². The fourth-order valence-corrected chi connectivity index (χ4v) is 1.84. The highest BCUT2D eigenvalue weighted by Gasteiger charge is 2.22. The summed E-state index contributed by atoms with van der Waals surface area (Å²) < 4.78 is 5.12. The number of nitrogens with zero attached hydrogens (tertiary/aromatic N) is 1. The number of methoxy groups -OCH3 is 1. The molecule has 1 aliphatic carbocycles. The molecule has 2 rings (SSSR count). The summed E-state index contributed by atoms with van der Waals surface area (Å²) in [5, 5.41) is 8.89. The van der Waals surface area contributed by atoms with Crippen molar-refractivity contribution in [3.05, 3.63) is 29.3 Å². The van der Waals surface area contributed by atoms with Crippen LogP contribution in [0.3, 0.4) is 0 Å². The Hall–Kier alpha value is -1.49. The predicted octanol–water partition coefficient (Wildman–Crippen LogP) is 2.25. The summed E-state index contributed by atoms with van der Waals surface area (Å²) in [6.45, 7) is 0. The smallest absolute Gasteiger partial charge is 0.119 e. The number of hydrogen-bond donors (Lipinski definition) is 0. The molecule has 1 unspecified atom stereocenters. The third-order valence-electron chi connectivity index (χ3n) is 2.59. The quantitative estimate of drug-likeness (QED) is 0.652. The van der Waals surface area contributed by atoms with Gasteiger partial charge in [0.2, 0.25) is 0 Å². The number of ether oxygens (including phenoxy) is 1. The second-order valence-electron chi connectivity index (χ2n) is 3.29. The van der Waals surface area contributed by atoms with Gasteiger partial charge in [0.25, 0.3) is 0 Å². The van der Waals surface area contributed by atoms with Crippen molar-refractivity contribution in [2.45, 2.75) is 18.8 Å². The van der Waals surface area contributed by atoms with Gasteiger partial charge < -0.3 is 4.74 Å². The summed E-state index contributed by atoms with van der Waals surface area (Å²) in [6.07, 6.45) is 1.98. The highest BCUT2D eigenvalue weighted by atomic mass is 16.5. The minimum atomic E-state index is 0.0742. The summed E-state index contributed by atoms with van der Waals surface area (Å²) in [5.41, 5.74) is 2.45. The van der Waals surface area contributed by atoms with Crippen LogP contribution >= 0.6 is 0 Å². The van der Waals surface area contributed by atoms with Crippen molar-refractivity contribution in [3.8, 4) is 11.8 Å². The largest absolute Gasteiger partial charge is 0.497 e. The molecule has 0 amide bonds. The third kappa shape index (κ3) is 1.27. The van der Waals surface area contributed by atoms with Crippen LogP contribution < -0.4 is 4.74 Å². The molecular formula is C11H11NO. The van der Waals surface area contributed by atoms with E-state index < -0.39 is 0 Å². The minimum absolute atomic E-state index is 0.0742. The molecule has 0 aromatic heterocycles. The Morgan fingerprint density at radius 3 is 3.08 bits per heavy atom. The lowest BCUT2D eigenvalue weighted by atomic mass is 10.0. The van der Waals surface area contributed by atoms with Gasteiger partial charge in [-0.2, -0.15) is 5.26 Å². The fraction of sp³-hybridized carbons (Fsp3) is 0.364. The molecule has 66 valence electrons. The molecular weight excluding hydrogens is 162 g/mol. The predicted molar refractivity (Wildman–Crippen MR) is 49.7 cm³/mol. The molecule has 13 heavy (non-hydrogen) atoms. The van der Waals surface area contributed by atoms with E-state index in [2.05, 4.69) is 12.1 Å². The molecule has 2 nitrogen and oxygen atoms in total. The first-order chi connectivity index (χ1) is 6.35. The zero-order valence-corrected chi connectivity index (χ0v) is 7.58. The van der Waals surface area contributed by atoms with Gasteiger partial charge in [-0.05, 0) is 36.1 Å². The van der Waals surface area contributed by atoms with Gasteiger partial charge in [0.15, 0.2) is 0 Å². The summed E-state index contributed by atoms with van der Waals surface area (Å²) in [7, 11) is 1.65. The number of hydrogen-bond acceptors (Lipinski definition) is 2. The van der Waals surface area contributed by atoms with Gasteiger partial charge in [0.1, 0.15) is 5.75 Å². The second-order valence-corrected chi connectivity index (χ2v) is 3.29. The molecule has 0 saturated heterocycles. The van der Waals surface area contributed by atoms with E-state index in [4.69, 9.17) is 10.00 Å². The van der Waals surface area contributed by atoms with Gasteiger partial charge in [0, 0.05) is 0 Å². The van der Waals surface area contributed by atoms with E-state index in [1.807, 2.05) is 12.1 Å². The Bertz CT molecular complexity index is 365. The molecule has 0 saturated carbocycles. The summed E-state index contributed by atoms with van der Waals surface area (Å²) in [6, 6.07) is 8.32. The Balaban J connectivity index is 2.44. The van der Waals surface area contributed by atoms with Crippen LogP contribution in [0, 0.1) is 11.3 Å². The first-order valence-corrected chi connectivity index (χ1v) is 4.41. The van der Waals surface area contributed by atoms with E-state index in [1.165, 1.54) is 5.56 Å². The van der Waals surface area contributed by atoms with Crippen LogP contribution in [0.15, 0.2) is 18.2 Å². The van der Waals surface area contributed by atoms with Crippen molar-refractivity contribution in [1.29, 1.82) is 5.26 Å². The number of benzene rings is 1. The molecule has 0 aliphatic heterocycles. The molecule has 0 N–H and O–H groups in total. The van der Waals surface area contributed by atoms with Gasteiger partial charge in [0.05, 0.1) is 19.1 Å². The van der Waals surface area contributed by atoms with Crippen LogP contribution in [0.2, 0.25) is 0 Å². The van der Waals surface area contributed by atoms with Crippen molar-refractivity contribution in [2.75, 3.05) is 7.11 Å². The molecule has 0 spiro atoms. The van der Waals surface area contributed by atoms with Gasteiger partial charge in [-0.1, -0.05) is 6.07 Å². The maximum atomic E-state index is 8.89. The highest BCUT2D eigenvalue weighted by molar-refractivity contribution is 5.43. The lowest BCUT2D eigenvalue weighted by Crippen LogP contribution is -1.90. The van der Waals surface area contributed by atoms with Gasteiger partial charge in [-0.3, -0.25) is 0 Å². The lowest BCUT2D eigenvalue weighted by Gasteiger charge is -2.04. The summed E-state index contributed by atoms with van der Waals surface area (Å²) in [5.74, 6) is 0.922. The van der Waals surface area contributed by atoms with Crippen LogP contribution in [0.5, 0.6) is 5.75 Å². The maximum Gasteiger partial charge on any atom is 0.119 e. The Kier molecular flexibility index (Phi) is 1.94. The van der Waals surface area contributed by atoms with E-state index in [9.17, 15) is 0 Å². The van der Waals surface area contributed by atoms with Crippen LogP contribution in [-0.4, -0.2) is 7.11 Å². The van der Waals surface area contributed by atoms with E-state index in [0.29, 0.717) is 0 Å². The first kappa shape index (κ1) is 8.12. The van der Waals surface area contributed by atoms with E-state index in [1.54, 1.807) is 7.11 Å². The van der Waals surface area contributed by atoms with E-state index in [-0.39, 0.29) is 5.92 Å². The molecule has 0 heterocycles. The van der Waals surface area contributed by atoms with Crippen molar-refractivity contribution in [3.63, 3.8) is 0 Å². The third-order valence-corrected chi connectivity index (χ3v) is 2.59. The number of nitriles is 1. The maximum absolute atomic E-state index is 8.89. The zero-order valence-electron chi connectivity index (χ0n) is 7.58. The summed E-state index contributed by atoms with van der Waals surface area (Å²) >= 11 is 0. The normalized spacial score (nSPS) is 19.2. The molecule has 1 aromatic rings. The van der Waals surface area contributed by atoms with Crippen LogP contribution in [0.25, 0.3) is 0 Å².